The summed E-state index contributed by atoms with van der Waals surface area (Å²) in [6.07, 6.45) is 0. The normalized spacial score (nSPS) is 10.3. The second-order valence-electron chi connectivity index (χ2n) is 2.92. The van der Waals surface area contributed by atoms with E-state index >= 15 is 0 Å². The van der Waals surface area contributed by atoms with E-state index in [1.54, 1.807) is 7.05 Å². The Morgan fingerprint density at radius 3 is 2.69 bits per heavy atom. The molecule has 2 heteroatoms. The highest BCUT2D eigenvalue weighted by molar-refractivity contribution is 5.93. The molecule has 0 fully saturated rings. The quantitative estimate of drug-likeness (QED) is 0.702. The van der Waals surface area contributed by atoms with Crippen molar-refractivity contribution < 1.29 is 4.39 Å². The van der Waals surface area contributed by atoms with Crippen LogP contribution in [0.4, 0.5) is 10.1 Å². The first-order chi connectivity index (χ1) is 6.31. The van der Waals surface area contributed by atoms with Gasteiger partial charge >= 0.3 is 0 Å². The van der Waals surface area contributed by atoms with Crippen molar-refractivity contribution in [1.82, 2.24) is 0 Å². The molecule has 2 rings (SSSR count). The van der Waals surface area contributed by atoms with Gasteiger partial charge in [-0.25, -0.2) is 4.39 Å². The number of hydrogen-bond donors (Lipinski definition) is 1. The van der Waals surface area contributed by atoms with Gasteiger partial charge in [0, 0.05) is 18.1 Å². The molecule has 0 atom stereocenters. The molecule has 0 aromatic heterocycles. The number of anilines is 1. The molecule has 66 valence electrons. The maximum absolute atomic E-state index is 13.0. The minimum absolute atomic E-state index is 0.206. The van der Waals surface area contributed by atoms with E-state index in [4.69, 9.17) is 0 Å². The molecule has 0 spiro atoms. The van der Waals surface area contributed by atoms with E-state index in [-0.39, 0.29) is 5.82 Å². The van der Waals surface area contributed by atoms with E-state index in [0.717, 1.165) is 16.5 Å². The van der Waals surface area contributed by atoms with Gasteiger partial charge in [0.05, 0.1) is 0 Å². The van der Waals surface area contributed by atoms with Crippen LogP contribution >= 0.6 is 0 Å². The van der Waals surface area contributed by atoms with Gasteiger partial charge in [-0.1, -0.05) is 24.3 Å². The van der Waals surface area contributed by atoms with Crippen LogP contribution in [0.1, 0.15) is 0 Å². The fraction of sp³-hybridized carbons (Fsp3) is 0.0909. The molecule has 0 aliphatic rings. The summed E-state index contributed by atoms with van der Waals surface area (Å²) >= 11 is 0. The van der Waals surface area contributed by atoms with Crippen molar-refractivity contribution in [1.29, 1.82) is 0 Å². The second-order valence-corrected chi connectivity index (χ2v) is 2.92. The Hall–Kier alpha value is -1.57. The zero-order chi connectivity index (χ0) is 9.26. The topological polar surface area (TPSA) is 12.0 Å². The molecule has 0 amide bonds. The molecule has 0 saturated carbocycles. The van der Waals surface area contributed by atoms with E-state index in [1.807, 2.05) is 24.3 Å². The van der Waals surface area contributed by atoms with Gasteiger partial charge in [0.2, 0.25) is 0 Å². The molecule has 0 unspecified atom stereocenters. The fourth-order valence-electron chi connectivity index (χ4n) is 1.48. The van der Waals surface area contributed by atoms with Gasteiger partial charge in [0.1, 0.15) is 5.82 Å². The van der Waals surface area contributed by atoms with Crippen LogP contribution in [0.5, 0.6) is 0 Å². The van der Waals surface area contributed by atoms with Crippen molar-refractivity contribution >= 4 is 16.5 Å². The molecule has 0 bridgehead atoms. The summed E-state index contributed by atoms with van der Waals surface area (Å²) in [5.41, 5.74) is 0.829. The van der Waals surface area contributed by atoms with Crippen LogP contribution in [0.3, 0.4) is 0 Å². The monoisotopic (exact) mass is 175 g/mol. The molecule has 0 heterocycles. The average Bonchev–Trinajstić information content (AvgIpc) is 2.16. The zero-order valence-corrected chi connectivity index (χ0v) is 7.34. The third kappa shape index (κ3) is 1.35. The first kappa shape index (κ1) is 8.05. The third-order valence-electron chi connectivity index (χ3n) is 2.10. The predicted octanol–water partition coefficient (Wildman–Crippen LogP) is 3.02. The highest BCUT2D eigenvalue weighted by Gasteiger charge is 2.00. The molecule has 1 nitrogen and oxygen atoms in total. The van der Waals surface area contributed by atoms with Gasteiger partial charge in [0.15, 0.2) is 0 Å². The number of rotatable bonds is 1. The maximum Gasteiger partial charge on any atom is 0.125 e. The van der Waals surface area contributed by atoms with Gasteiger partial charge in [-0.15, -0.1) is 0 Å². The van der Waals surface area contributed by atoms with E-state index in [0.29, 0.717) is 0 Å². The molecule has 1 N–H and O–H groups in total. The predicted molar refractivity (Wildman–Crippen MR) is 53.5 cm³/mol. The Labute approximate surface area is 76.2 Å². The first-order valence-electron chi connectivity index (χ1n) is 4.17. The second kappa shape index (κ2) is 3.05. The lowest BCUT2D eigenvalue weighted by molar-refractivity contribution is 0.630. The van der Waals surface area contributed by atoms with E-state index < -0.39 is 0 Å². The molecule has 0 radical (unpaired) electrons. The third-order valence-corrected chi connectivity index (χ3v) is 2.10. The van der Waals surface area contributed by atoms with E-state index in [2.05, 4.69) is 5.32 Å². The SMILES string of the molecule is CNc1cc(F)cc2ccccc12. The van der Waals surface area contributed by atoms with Gasteiger partial charge in [-0.2, -0.15) is 0 Å². The Kier molecular flexibility index (Phi) is 1.89. The summed E-state index contributed by atoms with van der Waals surface area (Å²) in [5, 5.41) is 4.94. The molecule has 0 aliphatic heterocycles. The van der Waals surface area contributed by atoms with Gasteiger partial charge < -0.3 is 5.32 Å². The summed E-state index contributed by atoms with van der Waals surface area (Å²) < 4.78 is 13.0. The number of halogens is 1. The van der Waals surface area contributed by atoms with Crippen molar-refractivity contribution in [2.24, 2.45) is 0 Å². The van der Waals surface area contributed by atoms with Crippen LogP contribution in [-0.4, -0.2) is 7.05 Å². The van der Waals surface area contributed by atoms with E-state index in [9.17, 15) is 4.39 Å². The summed E-state index contributed by atoms with van der Waals surface area (Å²) in [5.74, 6) is -0.206. The highest BCUT2D eigenvalue weighted by Crippen LogP contribution is 2.24. The van der Waals surface area contributed by atoms with Crippen molar-refractivity contribution in [3.63, 3.8) is 0 Å². The molecule has 13 heavy (non-hydrogen) atoms. The van der Waals surface area contributed by atoms with Gasteiger partial charge in [0.25, 0.3) is 0 Å². The van der Waals surface area contributed by atoms with Crippen LogP contribution < -0.4 is 5.32 Å². The van der Waals surface area contributed by atoms with Gasteiger partial charge in [-0.05, 0) is 17.5 Å². The Morgan fingerprint density at radius 2 is 1.92 bits per heavy atom. The molecule has 0 aliphatic carbocycles. The zero-order valence-electron chi connectivity index (χ0n) is 7.34. The lowest BCUT2D eigenvalue weighted by Gasteiger charge is -2.05. The summed E-state index contributed by atoms with van der Waals surface area (Å²) in [6.45, 7) is 0. The maximum atomic E-state index is 13.0. The van der Waals surface area contributed by atoms with E-state index in [1.165, 1.54) is 12.1 Å². The Balaban J connectivity index is 2.81. The molecule has 2 aromatic carbocycles. The lowest BCUT2D eigenvalue weighted by atomic mass is 10.1. The standard InChI is InChI=1S/C11H10FN/c1-13-11-7-9(12)6-8-4-2-3-5-10(8)11/h2-7,13H,1H3. The number of benzene rings is 2. The Bertz CT molecular complexity index is 437. The minimum Gasteiger partial charge on any atom is -0.388 e. The Morgan fingerprint density at radius 1 is 1.15 bits per heavy atom. The van der Waals surface area contributed by atoms with Crippen LogP contribution in [-0.2, 0) is 0 Å². The highest BCUT2D eigenvalue weighted by atomic mass is 19.1. The van der Waals surface area contributed by atoms with Crippen LogP contribution in [0.25, 0.3) is 10.8 Å². The largest absolute Gasteiger partial charge is 0.388 e. The molecular weight excluding hydrogens is 165 g/mol. The fourth-order valence-corrected chi connectivity index (χ4v) is 1.48. The van der Waals surface area contributed by atoms with Crippen LogP contribution in [0.2, 0.25) is 0 Å². The van der Waals surface area contributed by atoms with Crippen molar-refractivity contribution in [3.8, 4) is 0 Å². The summed E-state index contributed by atoms with van der Waals surface area (Å²) in [4.78, 5) is 0. The molecule has 0 saturated heterocycles. The van der Waals surface area contributed by atoms with Gasteiger partial charge in [-0.3, -0.25) is 0 Å². The number of hydrogen-bond acceptors (Lipinski definition) is 1. The van der Waals surface area contributed by atoms with Crippen molar-refractivity contribution in [3.05, 3.63) is 42.2 Å². The first-order valence-corrected chi connectivity index (χ1v) is 4.17. The smallest absolute Gasteiger partial charge is 0.125 e. The van der Waals surface area contributed by atoms with Crippen LogP contribution in [0, 0.1) is 5.82 Å². The summed E-state index contributed by atoms with van der Waals surface area (Å²) in [7, 11) is 1.79. The number of fused-ring (bicyclic) bond motifs is 1. The van der Waals surface area contributed by atoms with Crippen molar-refractivity contribution in [2.45, 2.75) is 0 Å². The average molecular weight is 175 g/mol. The lowest BCUT2D eigenvalue weighted by Crippen LogP contribution is -1.90. The minimum atomic E-state index is -0.206. The molecule has 2 aromatic rings. The van der Waals surface area contributed by atoms with Crippen molar-refractivity contribution in [2.75, 3.05) is 12.4 Å². The molecular formula is C11H10FN. The summed E-state index contributed by atoms with van der Waals surface area (Å²) in [6, 6.07) is 10.8. The number of nitrogens with one attached hydrogen (secondary N) is 1. The van der Waals surface area contributed by atoms with Crippen LogP contribution in [0.15, 0.2) is 36.4 Å².